The molecule has 1 unspecified atom stereocenters. The van der Waals surface area contributed by atoms with E-state index in [4.69, 9.17) is 9.47 Å². The summed E-state index contributed by atoms with van der Waals surface area (Å²) in [7, 11) is 1.24. The van der Waals surface area contributed by atoms with E-state index in [1.807, 2.05) is 6.07 Å². The smallest absolute Gasteiger partial charge is 0.344 e. The number of hydrogen-bond acceptors (Lipinski definition) is 7. The summed E-state index contributed by atoms with van der Waals surface area (Å²) in [5.74, 6) is -1.16. The fourth-order valence-corrected chi connectivity index (χ4v) is 3.81. The number of urea groups is 1. The first-order chi connectivity index (χ1) is 14.8. The van der Waals surface area contributed by atoms with Gasteiger partial charge < -0.3 is 14.8 Å². The van der Waals surface area contributed by atoms with Crippen LogP contribution in [0, 0.1) is 0 Å². The third-order valence-corrected chi connectivity index (χ3v) is 5.65. The highest BCUT2D eigenvalue weighted by Gasteiger charge is 2.52. The lowest BCUT2D eigenvalue weighted by atomic mass is 9.82. The Kier molecular flexibility index (Phi) is 6.79. The maximum atomic E-state index is 12.8. The predicted octanol–water partition coefficient (Wildman–Crippen LogP) is 0.873. The summed E-state index contributed by atoms with van der Waals surface area (Å²) in [6.07, 6.45) is 3.81. The summed E-state index contributed by atoms with van der Waals surface area (Å²) in [5, 5.41) is 6.26. The Morgan fingerprint density at radius 1 is 1.16 bits per heavy atom. The minimum Gasteiger partial charge on any atom is -0.491 e. The van der Waals surface area contributed by atoms with E-state index in [2.05, 4.69) is 16.1 Å². The van der Waals surface area contributed by atoms with Crippen molar-refractivity contribution < 1.29 is 28.7 Å². The molecule has 2 fully saturated rings. The van der Waals surface area contributed by atoms with Crippen LogP contribution in [-0.4, -0.2) is 60.2 Å². The maximum absolute atomic E-state index is 12.8. The normalized spacial score (nSPS) is 19.5. The van der Waals surface area contributed by atoms with Crippen LogP contribution in [0.25, 0.3) is 0 Å². The lowest BCUT2D eigenvalue weighted by Crippen LogP contribution is -2.58. The van der Waals surface area contributed by atoms with Crippen molar-refractivity contribution in [3.05, 3.63) is 30.3 Å². The van der Waals surface area contributed by atoms with E-state index in [1.165, 1.54) is 7.11 Å². The number of carbonyl (C=O) groups excluding carboxylic acids is 4. The van der Waals surface area contributed by atoms with E-state index in [1.54, 1.807) is 31.2 Å². The zero-order valence-corrected chi connectivity index (χ0v) is 17.7. The number of nitrogens with zero attached hydrogens (tertiary/aromatic N) is 1. The molecule has 1 saturated carbocycles. The molecule has 1 saturated heterocycles. The highest BCUT2D eigenvalue weighted by Crippen LogP contribution is 2.32. The van der Waals surface area contributed by atoms with Crippen LogP contribution in [-0.2, 0) is 19.1 Å². The number of benzene rings is 1. The van der Waals surface area contributed by atoms with Crippen LogP contribution in [0.1, 0.15) is 39.0 Å². The Labute approximate surface area is 180 Å². The van der Waals surface area contributed by atoms with Gasteiger partial charge in [0.15, 0.2) is 0 Å². The second kappa shape index (κ2) is 9.34. The molecule has 0 bridgehead atoms. The maximum Gasteiger partial charge on any atom is 0.344 e. The van der Waals surface area contributed by atoms with Crippen LogP contribution in [0.5, 0.6) is 5.75 Å². The summed E-state index contributed by atoms with van der Waals surface area (Å²) < 4.78 is 10.5. The van der Waals surface area contributed by atoms with Gasteiger partial charge in [-0.2, -0.15) is 5.01 Å². The monoisotopic (exact) mass is 432 g/mol. The summed E-state index contributed by atoms with van der Waals surface area (Å²) in [4.78, 5) is 49.8. The van der Waals surface area contributed by atoms with Crippen LogP contribution in [0.15, 0.2) is 30.3 Å². The SMILES string of the molecule is COC(=O)C(C)(COc1ccccc1)NCC(=O)NN1C(=O)NC2(CCCCC2)C1=O. The fourth-order valence-electron chi connectivity index (χ4n) is 3.81. The van der Waals surface area contributed by atoms with Crippen molar-refractivity contribution in [1.29, 1.82) is 0 Å². The highest BCUT2D eigenvalue weighted by molar-refractivity contribution is 6.08. The highest BCUT2D eigenvalue weighted by atomic mass is 16.5. The molecular weight excluding hydrogens is 404 g/mol. The Balaban J connectivity index is 1.58. The summed E-state index contributed by atoms with van der Waals surface area (Å²) in [5.41, 5.74) is 0.0707. The molecule has 1 aromatic rings. The van der Waals surface area contributed by atoms with E-state index in [9.17, 15) is 19.2 Å². The van der Waals surface area contributed by atoms with Crippen LogP contribution < -0.4 is 20.8 Å². The molecule has 3 N–H and O–H groups in total. The number of esters is 1. The molecule has 31 heavy (non-hydrogen) atoms. The third-order valence-electron chi connectivity index (χ3n) is 5.65. The second-order valence-electron chi connectivity index (χ2n) is 8.03. The number of methoxy groups -OCH3 is 1. The van der Waals surface area contributed by atoms with Crippen LogP contribution >= 0.6 is 0 Å². The second-order valence-corrected chi connectivity index (χ2v) is 8.03. The first kappa shape index (κ1) is 22.5. The number of nitrogens with one attached hydrogen (secondary N) is 3. The molecule has 1 atom stereocenters. The number of hydrogen-bond donors (Lipinski definition) is 3. The van der Waals surface area contributed by atoms with Gasteiger partial charge in [-0.25, -0.2) is 9.59 Å². The molecule has 0 radical (unpaired) electrons. The number of hydrazine groups is 1. The van der Waals surface area contributed by atoms with Gasteiger partial charge in [0.05, 0.1) is 13.7 Å². The molecule has 4 amide bonds. The van der Waals surface area contributed by atoms with E-state index < -0.39 is 34.9 Å². The Bertz CT molecular complexity index is 840. The van der Waals surface area contributed by atoms with E-state index in [-0.39, 0.29) is 13.2 Å². The zero-order chi connectivity index (χ0) is 22.5. The Morgan fingerprint density at radius 3 is 2.48 bits per heavy atom. The molecular formula is C21H28N4O6. The average molecular weight is 432 g/mol. The van der Waals surface area contributed by atoms with Crippen molar-refractivity contribution in [2.75, 3.05) is 20.3 Å². The van der Waals surface area contributed by atoms with E-state index in [0.717, 1.165) is 24.3 Å². The quantitative estimate of drug-likeness (QED) is 0.411. The minimum absolute atomic E-state index is 0.0940. The molecule has 0 aromatic heterocycles. The van der Waals surface area contributed by atoms with Crippen molar-refractivity contribution in [2.24, 2.45) is 0 Å². The largest absolute Gasteiger partial charge is 0.491 e. The molecule has 1 aromatic carbocycles. The van der Waals surface area contributed by atoms with E-state index >= 15 is 0 Å². The molecule has 10 nitrogen and oxygen atoms in total. The third kappa shape index (κ3) is 4.96. The average Bonchev–Trinajstić information content (AvgIpc) is 3.00. The molecule has 10 heteroatoms. The molecule has 2 aliphatic rings. The van der Waals surface area contributed by atoms with Crippen molar-refractivity contribution in [1.82, 2.24) is 21.1 Å². The molecule has 1 spiro atoms. The molecule has 168 valence electrons. The number of carbonyl (C=O) groups is 4. The van der Waals surface area contributed by atoms with Gasteiger partial charge in [-0.15, -0.1) is 0 Å². The predicted molar refractivity (Wildman–Crippen MR) is 110 cm³/mol. The first-order valence-electron chi connectivity index (χ1n) is 10.3. The molecule has 3 rings (SSSR count). The molecule has 1 aliphatic carbocycles. The van der Waals surface area contributed by atoms with Gasteiger partial charge in [-0.3, -0.25) is 20.3 Å². The number of imide groups is 1. The zero-order valence-electron chi connectivity index (χ0n) is 17.7. The van der Waals surface area contributed by atoms with Gasteiger partial charge in [0.1, 0.15) is 23.4 Å². The number of ether oxygens (including phenoxy) is 2. The summed E-state index contributed by atoms with van der Waals surface area (Å²) in [6, 6.07) is 8.25. The number of rotatable bonds is 8. The van der Waals surface area contributed by atoms with Crippen molar-refractivity contribution in [2.45, 2.75) is 50.1 Å². The van der Waals surface area contributed by atoms with Gasteiger partial charge in [-0.05, 0) is 31.9 Å². The van der Waals surface area contributed by atoms with Crippen LogP contribution in [0.2, 0.25) is 0 Å². The standard InChI is InChI=1S/C21H28N4O6/c1-20(18(28)30-2,14-31-15-9-5-3-6-10-15)22-13-16(26)24-25-17(27)21(23-19(25)29)11-7-4-8-12-21/h3,5-6,9-10,22H,4,7-8,11-14H2,1-2H3,(H,23,29)(H,24,26). The van der Waals surface area contributed by atoms with Gasteiger partial charge in [0, 0.05) is 0 Å². The number of amides is 4. The van der Waals surface area contributed by atoms with Crippen LogP contribution in [0.4, 0.5) is 4.79 Å². The van der Waals surface area contributed by atoms with Crippen molar-refractivity contribution in [3.8, 4) is 5.75 Å². The summed E-state index contributed by atoms with van der Waals surface area (Å²) >= 11 is 0. The first-order valence-corrected chi connectivity index (χ1v) is 10.3. The lowest BCUT2D eigenvalue weighted by Gasteiger charge is -2.30. The van der Waals surface area contributed by atoms with E-state index in [0.29, 0.717) is 18.6 Å². The van der Waals surface area contributed by atoms with Gasteiger partial charge >= 0.3 is 12.0 Å². The topological polar surface area (TPSA) is 126 Å². The van der Waals surface area contributed by atoms with Crippen molar-refractivity contribution in [3.63, 3.8) is 0 Å². The van der Waals surface area contributed by atoms with Crippen LogP contribution in [0.3, 0.4) is 0 Å². The molecule has 1 heterocycles. The van der Waals surface area contributed by atoms with Gasteiger partial charge in [0.25, 0.3) is 11.8 Å². The summed E-state index contributed by atoms with van der Waals surface area (Å²) in [6.45, 7) is 1.11. The Hall–Kier alpha value is -3.14. The van der Waals surface area contributed by atoms with Crippen molar-refractivity contribution >= 4 is 23.8 Å². The number of para-hydroxylation sites is 1. The minimum atomic E-state index is -1.33. The Morgan fingerprint density at radius 2 is 1.84 bits per heavy atom. The fraction of sp³-hybridized carbons (Fsp3) is 0.524. The van der Waals surface area contributed by atoms with Gasteiger partial charge in [-0.1, -0.05) is 37.5 Å². The lowest BCUT2D eigenvalue weighted by molar-refractivity contribution is -0.149. The van der Waals surface area contributed by atoms with Gasteiger partial charge in [0.2, 0.25) is 0 Å². The molecule has 1 aliphatic heterocycles.